The highest BCUT2D eigenvalue weighted by Crippen LogP contribution is 2.28. The Morgan fingerprint density at radius 1 is 1.33 bits per heavy atom. The zero-order valence-corrected chi connectivity index (χ0v) is 8.57. The third kappa shape index (κ3) is 2.76. The second kappa shape index (κ2) is 3.98. The lowest BCUT2D eigenvalue weighted by Gasteiger charge is -2.25. The van der Waals surface area contributed by atoms with Gasteiger partial charge >= 0.3 is 5.97 Å². The first-order chi connectivity index (χ1) is 6.82. The van der Waals surface area contributed by atoms with Crippen molar-refractivity contribution in [2.45, 2.75) is 25.4 Å². The summed E-state index contributed by atoms with van der Waals surface area (Å²) in [6.45, 7) is 2.82. The molecule has 1 rings (SSSR count). The van der Waals surface area contributed by atoms with Gasteiger partial charge in [0.05, 0.1) is 5.60 Å². The fourth-order valence-corrected chi connectivity index (χ4v) is 1.51. The lowest BCUT2D eigenvalue weighted by molar-refractivity contribution is -0.144. The smallest absolute Gasteiger partial charge is 0.313 e. The molecule has 1 aromatic rings. The van der Waals surface area contributed by atoms with Crippen LogP contribution < -0.4 is 0 Å². The van der Waals surface area contributed by atoms with Gasteiger partial charge in [-0.2, -0.15) is 0 Å². The van der Waals surface area contributed by atoms with E-state index in [2.05, 4.69) is 0 Å². The largest absolute Gasteiger partial charge is 0.481 e. The molecule has 0 spiro atoms. The number of hydrogen-bond acceptors (Lipinski definition) is 2. The molecule has 82 valence electrons. The van der Waals surface area contributed by atoms with E-state index in [9.17, 15) is 14.3 Å². The number of benzene rings is 1. The molecule has 0 aliphatic carbocycles. The maximum Gasteiger partial charge on any atom is 0.313 e. The Hall–Kier alpha value is -1.42. The summed E-state index contributed by atoms with van der Waals surface area (Å²) in [7, 11) is 0. The highest BCUT2D eigenvalue weighted by atomic mass is 19.1. The van der Waals surface area contributed by atoms with E-state index in [1.165, 1.54) is 38.1 Å². The summed E-state index contributed by atoms with van der Waals surface area (Å²) in [4.78, 5) is 11.0. The van der Waals surface area contributed by atoms with E-state index < -0.39 is 23.3 Å². The summed E-state index contributed by atoms with van der Waals surface area (Å²) in [5.41, 5.74) is -1.000. The second-order valence-corrected chi connectivity index (χ2v) is 3.98. The number of aliphatic hydroxyl groups is 1. The Kier molecular flexibility index (Phi) is 3.09. The maximum atomic E-state index is 12.6. The SMILES string of the molecule is CC(C)(O)C(C(=O)O)c1ccc(F)cc1. The predicted molar refractivity (Wildman–Crippen MR) is 53.1 cm³/mol. The van der Waals surface area contributed by atoms with Crippen LogP contribution in [0.3, 0.4) is 0 Å². The molecule has 0 bridgehead atoms. The van der Waals surface area contributed by atoms with Crippen LogP contribution in [0.5, 0.6) is 0 Å². The number of carboxylic acid groups (broad SMARTS) is 1. The molecular formula is C11H13FO3. The number of carbonyl (C=O) groups is 1. The summed E-state index contributed by atoms with van der Waals surface area (Å²) in [5.74, 6) is -2.62. The van der Waals surface area contributed by atoms with Crippen LogP contribution in [0.25, 0.3) is 0 Å². The summed E-state index contributed by atoms with van der Waals surface area (Å²) in [6, 6.07) is 5.09. The predicted octanol–water partition coefficient (Wildman–Crippen LogP) is 1.76. The van der Waals surface area contributed by atoms with Crippen LogP contribution in [0.15, 0.2) is 24.3 Å². The molecule has 3 nitrogen and oxygen atoms in total. The van der Waals surface area contributed by atoms with Crippen LogP contribution in [-0.4, -0.2) is 21.8 Å². The molecule has 0 aromatic heterocycles. The van der Waals surface area contributed by atoms with E-state index in [0.717, 1.165) is 0 Å². The first-order valence-electron chi connectivity index (χ1n) is 4.53. The molecule has 0 saturated carbocycles. The Labute approximate surface area is 87.2 Å². The molecule has 0 saturated heterocycles. The fourth-order valence-electron chi connectivity index (χ4n) is 1.51. The van der Waals surface area contributed by atoms with Crippen LogP contribution in [0.2, 0.25) is 0 Å². The van der Waals surface area contributed by atoms with Crippen molar-refractivity contribution in [3.8, 4) is 0 Å². The van der Waals surface area contributed by atoms with Crippen molar-refractivity contribution in [1.82, 2.24) is 0 Å². The quantitative estimate of drug-likeness (QED) is 0.802. The normalized spacial score (nSPS) is 13.6. The summed E-state index contributed by atoms with van der Waals surface area (Å²) >= 11 is 0. The van der Waals surface area contributed by atoms with Gasteiger partial charge in [-0.3, -0.25) is 4.79 Å². The van der Waals surface area contributed by atoms with E-state index in [1.807, 2.05) is 0 Å². The van der Waals surface area contributed by atoms with Crippen LogP contribution in [-0.2, 0) is 4.79 Å². The topological polar surface area (TPSA) is 57.5 Å². The molecule has 0 amide bonds. The van der Waals surface area contributed by atoms with E-state index in [1.54, 1.807) is 0 Å². The van der Waals surface area contributed by atoms with Gasteiger partial charge < -0.3 is 10.2 Å². The molecule has 0 aliphatic heterocycles. The van der Waals surface area contributed by atoms with Crippen LogP contribution in [0, 0.1) is 5.82 Å². The number of aliphatic carboxylic acids is 1. The van der Waals surface area contributed by atoms with Gasteiger partial charge in [0, 0.05) is 0 Å². The van der Waals surface area contributed by atoms with Crippen molar-refractivity contribution in [3.63, 3.8) is 0 Å². The average molecular weight is 212 g/mol. The van der Waals surface area contributed by atoms with Gasteiger partial charge in [-0.15, -0.1) is 0 Å². The zero-order valence-electron chi connectivity index (χ0n) is 8.57. The Morgan fingerprint density at radius 2 is 1.80 bits per heavy atom. The number of hydrogen-bond donors (Lipinski definition) is 2. The molecule has 4 heteroatoms. The third-order valence-corrected chi connectivity index (χ3v) is 2.16. The Morgan fingerprint density at radius 3 is 2.13 bits per heavy atom. The zero-order chi connectivity index (χ0) is 11.6. The number of rotatable bonds is 3. The maximum absolute atomic E-state index is 12.6. The van der Waals surface area contributed by atoms with E-state index in [4.69, 9.17) is 5.11 Å². The van der Waals surface area contributed by atoms with Crippen molar-refractivity contribution in [2.24, 2.45) is 0 Å². The van der Waals surface area contributed by atoms with Gasteiger partial charge in [0.25, 0.3) is 0 Å². The summed E-state index contributed by atoms with van der Waals surface area (Å²) in [5, 5.41) is 18.7. The van der Waals surface area contributed by atoms with E-state index in [-0.39, 0.29) is 0 Å². The average Bonchev–Trinajstić information content (AvgIpc) is 2.05. The lowest BCUT2D eigenvalue weighted by Crippen LogP contribution is -2.34. The third-order valence-electron chi connectivity index (χ3n) is 2.16. The molecule has 2 N–H and O–H groups in total. The molecule has 1 unspecified atom stereocenters. The standard InChI is InChI=1S/C11H13FO3/c1-11(2,15)9(10(13)14)7-3-5-8(12)6-4-7/h3-6,9,15H,1-2H3,(H,13,14). The van der Waals surface area contributed by atoms with Crippen molar-refractivity contribution >= 4 is 5.97 Å². The van der Waals surface area contributed by atoms with Crippen LogP contribution in [0.4, 0.5) is 4.39 Å². The molecule has 0 fully saturated rings. The van der Waals surface area contributed by atoms with E-state index >= 15 is 0 Å². The summed E-state index contributed by atoms with van der Waals surface area (Å²) in [6.07, 6.45) is 0. The highest BCUT2D eigenvalue weighted by molar-refractivity contribution is 5.77. The lowest BCUT2D eigenvalue weighted by atomic mass is 9.85. The van der Waals surface area contributed by atoms with Crippen LogP contribution in [0.1, 0.15) is 25.3 Å². The number of carboxylic acids is 1. The van der Waals surface area contributed by atoms with Crippen molar-refractivity contribution < 1.29 is 19.4 Å². The van der Waals surface area contributed by atoms with Gasteiger partial charge in [-0.1, -0.05) is 12.1 Å². The van der Waals surface area contributed by atoms with Gasteiger partial charge in [0.2, 0.25) is 0 Å². The van der Waals surface area contributed by atoms with Crippen molar-refractivity contribution in [3.05, 3.63) is 35.6 Å². The first kappa shape index (κ1) is 11.7. The van der Waals surface area contributed by atoms with Gasteiger partial charge in [0.1, 0.15) is 11.7 Å². The van der Waals surface area contributed by atoms with Crippen molar-refractivity contribution in [2.75, 3.05) is 0 Å². The highest BCUT2D eigenvalue weighted by Gasteiger charge is 2.34. The minimum absolute atomic E-state index is 0.386. The summed E-state index contributed by atoms with van der Waals surface area (Å²) < 4.78 is 12.6. The molecule has 1 aromatic carbocycles. The number of halogens is 1. The molecular weight excluding hydrogens is 199 g/mol. The fraction of sp³-hybridized carbons (Fsp3) is 0.364. The first-order valence-corrected chi connectivity index (χ1v) is 4.53. The van der Waals surface area contributed by atoms with Gasteiger partial charge in [-0.25, -0.2) is 4.39 Å². The molecule has 0 heterocycles. The van der Waals surface area contributed by atoms with Gasteiger partial charge in [-0.05, 0) is 31.5 Å². The van der Waals surface area contributed by atoms with Crippen molar-refractivity contribution in [1.29, 1.82) is 0 Å². The van der Waals surface area contributed by atoms with Gasteiger partial charge in [0.15, 0.2) is 0 Å². The minimum Gasteiger partial charge on any atom is -0.481 e. The second-order valence-electron chi connectivity index (χ2n) is 3.98. The van der Waals surface area contributed by atoms with Crippen LogP contribution >= 0.6 is 0 Å². The van der Waals surface area contributed by atoms with E-state index in [0.29, 0.717) is 5.56 Å². The Bertz CT molecular complexity index is 351. The molecule has 0 aliphatic rings. The monoisotopic (exact) mass is 212 g/mol. The molecule has 0 radical (unpaired) electrons. The Balaban J connectivity index is 3.11. The molecule has 15 heavy (non-hydrogen) atoms. The molecule has 1 atom stereocenters. The minimum atomic E-state index is -1.39.